The molecule has 0 aliphatic carbocycles. The smallest absolute Gasteiger partial charge is 0.255 e. The Morgan fingerprint density at radius 2 is 2.04 bits per heavy atom. The maximum atomic E-state index is 12.9. The number of rotatable bonds is 3. The summed E-state index contributed by atoms with van der Waals surface area (Å²) in [6.45, 7) is 4.70. The third kappa shape index (κ3) is 2.96. The summed E-state index contributed by atoms with van der Waals surface area (Å²) in [7, 11) is 0. The lowest BCUT2D eigenvalue weighted by Crippen LogP contribution is -2.32. The van der Waals surface area contributed by atoms with Crippen LogP contribution >= 0.6 is 0 Å². The van der Waals surface area contributed by atoms with Crippen LogP contribution in [0, 0.1) is 13.8 Å². The van der Waals surface area contributed by atoms with E-state index in [1.54, 1.807) is 6.20 Å². The second-order valence-electron chi connectivity index (χ2n) is 6.69. The highest BCUT2D eigenvalue weighted by molar-refractivity contribution is 6.00. The van der Waals surface area contributed by atoms with Gasteiger partial charge in [-0.1, -0.05) is 48.0 Å². The monoisotopic (exact) mass is 347 g/mol. The molecule has 0 bridgehead atoms. The highest BCUT2D eigenvalue weighted by atomic mass is 16.5. The van der Waals surface area contributed by atoms with Crippen LogP contribution in [0.15, 0.2) is 48.7 Å². The van der Waals surface area contributed by atoms with E-state index in [-0.39, 0.29) is 11.9 Å². The molecule has 1 unspecified atom stereocenters. The Kier molecular flexibility index (Phi) is 4.21. The van der Waals surface area contributed by atoms with Crippen molar-refractivity contribution in [3.63, 3.8) is 0 Å². The number of aryl methyl sites for hydroxylation is 2. The van der Waals surface area contributed by atoms with E-state index >= 15 is 0 Å². The van der Waals surface area contributed by atoms with Gasteiger partial charge in [0, 0.05) is 17.5 Å². The normalized spacial score (nSPS) is 15.8. The quantitative estimate of drug-likeness (QED) is 0.754. The number of hydrogen-bond acceptors (Lipinski definition) is 3. The molecule has 1 aromatic heterocycles. The minimum absolute atomic E-state index is 0.0663. The predicted octanol–water partition coefficient (Wildman–Crippen LogP) is 3.95. The lowest BCUT2D eigenvalue weighted by atomic mass is 9.95. The van der Waals surface area contributed by atoms with Crippen LogP contribution in [-0.2, 0) is 0 Å². The molecule has 2 heterocycles. The first-order chi connectivity index (χ1) is 12.6. The number of carbonyl (C=O) groups excluding carboxylic acids is 1. The van der Waals surface area contributed by atoms with Gasteiger partial charge in [-0.05, 0) is 19.4 Å². The molecule has 1 amide bonds. The Bertz CT molecular complexity index is 947. The summed E-state index contributed by atoms with van der Waals surface area (Å²) in [6, 6.07) is 13.9. The first-order valence-corrected chi connectivity index (χ1v) is 8.77. The van der Waals surface area contributed by atoms with Crippen LogP contribution in [0.3, 0.4) is 0 Å². The van der Waals surface area contributed by atoms with E-state index in [0.717, 1.165) is 34.6 Å². The molecule has 1 aliphatic rings. The van der Waals surface area contributed by atoms with Crippen LogP contribution < -0.4 is 10.1 Å². The molecule has 0 radical (unpaired) electrons. The van der Waals surface area contributed by atoms with Crippen molar-refractivity contribution in [2.45, 2.75) is 26.3 Å². The topological polar surface area (TPSA) is 67.0 Å². The van der Waals surface area contributed by atoms with Gasteiger partial charge in [0.15, 0.2) is 0 Å². The van der Waals surface area contributed by atoms with Crippen LogP contribution in [0.1, 0.15) is 39.5 Å². The van der Waals surface area contributed by atoms with Gasteiger partial charge in [0.25, 0.3) is 5.91 Å². The Hall–Kier alpha value is -3.08. The fraction of sp³-hybridized carbons (Fsp3) is 0.238. The number of nitrogens with zero attached hydrogens (tertiary/aromatic N) is 1. The average Bonchev–Trinajstić information content (AvgIpc) is 3.13. The molecular formula is C21H21N3O2. The van der Waals surface area contributed by atoms with Gasteiger partial charge in [0.1, 0.15) is 5.75 Å². The summed E-state index contributed by atoms with van der Waals surface area (Å²) in [5.74, 6) is 0.761. The largest absolute Gasteiger partial charge is 0.493 e. The molecule has 2 aromatic carbocycles. The van der Waals surface area contributed by atoms with Crippen molar-refractivity contribution in [2.24, 2.45) is 0 Å². The van der Waals surface area contributed by atoms with E-state index < -0.39 is 0 Å². The molecule has 5 nitrogen and oxygen atoms in total. The molecule has 5 heteroatoms. The van der Waals surface area contributed by atoms with Crippen molar-refractivity contribution in [1.82, 2.24) is 15.5 Å². The van der Waals surface area contributed by atoms with Crippen LogP contribution in [-0.4, -0.2) is 22.7 Å². The summed E-state index contributed by atoms with van der Waals surface area (Å²) in [4.78, 5) is 12.9. The summed E-state index contributed by atoms with van der Waals surface area (Å²) in [5.41, 5.74) is 5.54. The Morgan fingerprint density at radius 3 is 2.85 bits per heavy atom. The maximum Gasteiger partial charge on any atom is 0.255 e. The third-order valence-electron chi connectivity index (χ3n) is 4.73. The molecule has 132 valence electrons. The van der Waals surface area contributed by atoms with Gasteiger partial charge in [0.05, 0.1) is 30.1 Å². The molecule has 1 atom stereocenters. The first-order valence-electron chi connectivity index (χ1n) is 8.77. The van der Waals surface area contributed by atoms with Gasteiger partial charge >= 0.3 is 0 Å². The van der Waals surface area contributed by atoms with E-state index in [1.165, 1.54) is 5.56 Å². The fourth-order valence-corrected chi connectivity index (χ4v) is 3.55. The molecular weight excluding hydrogens is 326 g/mol. The number of carbonyl (C=O) groups is 1. The van der Waals surface area contributed by atoms with Crippen molar-refractivity contribution >= 4 is 5.91 Å². The molecule has 0 saturated carbocycles. The van der Waals surface area contributed by atoms with Gasteiger partial charge in [-0.2, -0.15) is 5.10 Å². The van der Waals surface area contributed by atoms with Gasteiger partial charge in [-0.15, -0.1) is 0 Å². The van der Waals surface area contributed by atoms with Crippen LogP contribution in [0.2, 0.25) is 0 Å². The van der Waals surface area contributed by atoms with Gasteiger partial charge in [0.2, 0.25) is 0 Å². The van der Waals surface area contributed by atoms with Gasteiger partial charge in [-0.3, -0.25) is 9.89 Å². The van der Waals surface area contributed by atoms with Crippen molar-refractivity contribution in [3.8, 4) is 17.0 Å². The number of fused-ring (bicyclic) bond motifs is 1. The van der Waals surface area contributed by atoms with Crippen molar-refractivity contribution in [1.29, 1.82) is 0 Å². The van der Waals surface area contributed by atoms with E-state index in [9.17, 15) is 4.79 Å². The molecule has 3 aromatic rings. The number of aromatic nitrogens is 2. The van der Waals surface area contributed by atoms with E-state index in [0.29, 0.717) is 12.2 Å². The Morgan fingerprint density at radius 1 is 1.23 bits per heavy atom. The zero-order valence-electron chi connectivity index (χ0n) is 14.9. The van der Waals surface area contributed by atoms with Gasteiger partial charge in [-0.25, -0.2) is 0 Å². The molecule has 26 heavy (non-hydrogen) atoms. The number of benzene rings is 2. The second kappa shape index (κ2) is 6.67. The minimum atomic E-state index is -0.130. The van der Waals surface area contributed by atoms with E-state index in [2.05, 4.69) is 34.6 Å². The van der Waals surface area contributed by atoms with Crippen LogP contribution in [0.4, 0.5) is 0 Å². The van der Waals surface area contributed by atoms with Crippen molar-refractivity contribution in [3.05, 3.63) is 70.9 Å². The van der Waals surface area contributed by atoms with Crippen LogP contribution in [0.25, 0.3) is 11.3 Å². The van der Waals surface area contributed by atoms with Crippen molar-refractivity contribution < 1.29 is 9.53 Å². The average molecular weight is 347 g/mol. The predicted molar refractivity (Wildman–Crippen MR) is 100 cm³/mol. The molecule has 0 saturated heterocycles. The number of hydrogen-bond donors (Lipinski definition) is 2. The molecule has 0 spiro atoms. The van der Waals surface area contributed by atoms with E-state index in [1.807, 2.05) is 37.3 Å². The first kappa shape index (κ1) is 16.4. The molecule has 0 fully saturated rings. The molecule has 1 aliphatic heterocycles. The van der Waals surface area contributed by atoms with Crippen molar-refractivity contribution in [2.75, 3.05) is 6.61 Å². The summed E-state index contributed by atoms with van der Waals surface area (Å²) in [5, 5.41) is 10.2. The molecule has 2 N–H and O–H groups in total. The number of amides is 1. The summed E-state index contributed by atoms with van der Waals surface area (Å²) in [6.07, 6.45) is 2.33. The third-order valence-corrected chi connectivity index (χ3v) is 4.73. The Balaban J connectivity index is 1.63. The second-order valence-corrected chi connectivity index (χ2v) is 6.69. The Labute approximate surface area is 152 Å². The zero-order chi connectivity index (χ0) is 18.1. The SMILES string of the molecule is Cc1cc(C)c2c(c1)C(NC(=O)c1cn[nH]c1-c1ccccc1)CCO2. The lowest BCUT2D eigenvalue weighted by molar-refractivity contribution is 0.0925. The zero-order valence-corrected chi connectivity index (χ0v) is 14.9. The number of ether oxygens (including phenoxy) is 1. The van der Waals surface area contributed by atoms with E-state index in [4.69, 9.17) is 4.74 Å². The fourth-order valence-electron chi connectivity index (χ4n) is 3.55. The lowest BCUT2D eigenvalue weighted by Gasteiger charge is -2.28. The maximum absolute atomic E-state index is 12.9. The summed E-state index contributed by atoms with van der Waals surface area (Å²) < 4.78 is 5.83. The number of H-pyrrole nitrogens is 1. The number of aromatic amines is 1. The van der Waals surface area contributed by atoms with Crippen LogP contribution in [0.5, 0.6) is 5.75 Å². The van der Waals surface area contributed by atoms with Gasteiger partial charge < -0.3 is 10.1 Å². The highest BCUT2D eigenvalue weighted by Gasteiger charge is 2.26. The molecule has 4 rings (SSSR count). The number of nitrogens with one attached hydrogen (secondary N) is 2. The standard InChI is InChI=1S/C21H21N3O2/c1-13-10-14(2)20-16(11-13)18(8-9-26-20)23-21(25)17-12-22-24-19(17)15-6-4-3-5-7-15/h3-7,10-12,18H,8-9H2,1-2H3,(H,22,24)(H,23,25). The summed E-state index contributed by atoms with van der Waals surface area (Å²) >= 11 is 0. The highest BCUT2D eigenvalue weighted by Crippen LogP contribution is 2.36. The minimum Gasteiger partial charge on any atom is -0.493 e.